The fourth-order valence-electron chi connectivity index (χ4n) is 5.16. The quantitative estimate of drug-likeness (QED) is 0.672. The fourth-order valence-corrected chi connectivity index (χ4v) is 5.16. The Morgan fingerprint density at radius 1 is 1.31 bits per heavy atom. The van der Waals surface area contributed by atoms with Gasteiger partial charge in [0, 0.05) is 5.92 Å². The number of aliphatic hydroxyl groups is 1. The van der Waals surface area contributed by atoms with E-state index in [0.717, 1.165) is 11.8 Å². The van der Waals surface area contributed by atoms with Crippen LogP contribution in [0.3, 0.4) is 0 Å². The third-order valence-electron chi connectivity index (χ3n) is 5.98. The smallest absolute Gasteiger partial charge is 0.0501 e. The average Bonchev–Trinajstić information content (AvgIpc) is 2.68. The van der Waals surface area contributed by atoms with Gasteiger partial charge in [-0.1, -0.05) is 38.8 Å². The third-order valence-corrected chi connectivity index (χ3v) is 5.98. The van der Waals surface area contributed by atoms with Gasteiger partial charge in [-0.25, -0.2) is 0 Å². The Balaban J connectivity index is 2.09. The highest BCUT2D eigenvalue weighted by Crippen LogP contribution is 2.68. The Hall–Kier alpha value is -0.300. The summed E-state index contributed by atoms with van der Waals surface area (Å²) in [4.78, 5) is 0. The Kier molecular flexibility index (Phi) is 2.12. The average molecular weight is 220 g/mol. The van der Waals surface area contributed by atoms with Crippen molar-refractivity contribution in [3.63, 3.8) is 0 Å². The van der Waals surface area contributed by atoms with E-state index in [-0.39, 0.29) is 0 Å². The van der Waals surface area contributed by atoms with Gasteiger partial charge in [-0.05, 0) is 41.9 Å². The molecular formula is C15H24O. The normalized spacial score (nSPS) is 49.0. The van der Waals surface area contributed by atoms with Crippen LogP contribution in [0.2, 0.25) is 0 Å². The first-order valence-corrected chi connectivity index (χ1v) is 6.81. The molecule has 4 atom stereocenters. The van der Waals surface area contributed by atoms with Crippen LogP contribution in [0.15, 0.2) is 11.6 Å². The molecule has 3 rings (SSSR count). The maximum absolute atomic E-state index is 9.72. The van der Waals surface area contributed by atoms with Crippen LogP contribution < -0.4 is 0 Å². The molecule has 0 aromatic rings. The van der Waals surface area contributed by atoms with Gasteiger partial charge in [-0.3, -0.25) is 0 Å². The zero-order valence-corrected chi connectivity index (χ0v) is 10.8. The second-order valence-corrected chi connectivity index (χ2v) is 7.11. The molecule has 0 aromatic carbocycles. The largest absolute Gasteiger partial charge is 0.396 e. The Morgan fingerprint density at radius 2 is 2.06 bits per heavy atom. The maximum atomic E-state index is 9.72. The summed E-state index contributed by atoms with van der Waals surface area (Å²) in [5, 5.41) is 9.72. The van der Waals surface area contributed by atoms with Gasteiger partial charge < -0.3 is 5.11 Å². The summed E-state index contributed by atoms with van der Waals surface area (Å²) < 4.78 is 0. The van der Waals surface area contributed by atoms with Gasteiger partial charge in [0.25, 0.3) is 0 Å². The molecule has 1 heteroatoms. The molecule has 2 saturated carbocycles. The first-order valence-electron chi connectivity index (χ1n) is 6.81. The number of hydrogen-bond donors (Lipinski definition) is 1. The Bertz CT molecular complexity index is 341. The predicted molar refractivity (Wildman–Crippen MR) is 66.0 cm³/mol. The van der Waals surface area contributed by atoms with Gasteiger partial charge in [0.2, 0.25) is 0 Å². The van der Waals surface area contributed by atoms with Crippen LogP contribution in [-0.2, 0) is 0 Å². The van der Waals surface area contributed by atoms with Crippen LogP contribution >= 0.6 is 0 Å². The van der Waals surface area contributed by atoms with E-state index >= 15 is 0 Å². The lowest BCUT2D eigenvalue weighted by atomic mass is 9.67. The lowest BCUT2D eigenvalue weighted by Crippen LogP contribution is -2.33. The molecule has 0 aromatic heterocycles. The van der Waals surface area contributed by atoms with Crippen molar-refractivity contribution in [3.8, 4) is 0 Å². The molecule has 0 saturated heterocycles. The molecule has 1 N–H and O–H groups in total. The van der Waals surface area contributed by atoms with E-state index in [1.54, 1.807) is 5.57 Å². The highest BCUT2D eigenvalue weighted by molar-refractivity contribution is 5.33. The van der Waals surface area contributed by atoms with E-state index in [1.165, 1.54) is 25.7 Å². The molecule has 0 aliphatic heterocycles. The summed E-state index contributed by atoms with van der Waals surface area (Å²) >= 11 is 0. The molecule has 3 aliphatic carbocycles. The number of allylic oxidation sites excluding steroid dienone is 1. The van der Waals surface area contributed by atoms with Gasteiger partial charge in [0.05, 0.1) is 6.61 Å². The summed E-state index contributed by atoms with van der Waals surface area (Å²) in [5.41, 5.74) is 2.46. The van der Waals surface area contributed by atoms with Crippen molar-refractivity contribution >= 4 is 0 Å². The van der Waals surface area contributed by atoms with Crippen LogP contribution in [0, 0.1) is 28.6 Å². The Morgan fingerprint density at radius 3 is 2.75 bits per heavy atom. The van der Waals surface area contributed by atoms with Crippen molar-refractivity contribution < 1.29 is 5.11 Å². The first kappa shape index (κ1) is 10.8. The van der Waals surface area contributed by atoms with Gasteiger partial charge in [0.15, 0.2) is 0 Å². The summed E-state index contributed by atoms with van der Waals surface area (Å²) in [7, 11) is 0. The zero-order chi connectivity index (χ0) is 11.6. The van der Waals surface area contributed by atoms with Crippen LogP contribution in [0.4, 0.5) is 0 Å². The summed E-state index contributed by atoms with van der Waals surface area (Å²) in [6.07, 6.45) is 7.75. The molecule has 90 valence electrons. The second-order valence-electron chi connectivity index (χ2n) is 7.11. The van der Waals surface area contributed by atoms with Crippen molar-refractivity contribution in [2.24, 2.45) is 28.6 Å². The number of rotatable bonds is 1. The van der Waals surface area contributed by atoms with Crippen LogP contribution in [0.5, 0.6) is 0 Å². The van der Waals surface area contributed by atoms with E-state index in [4.69, 9.17) is 0 Å². The number of hydrogen-bond acceptors (Lipinski definition) is 1. The summed E-state index contributed by atoms with van der Waals surface area (Å²) in [6, 6.07) is 0. The number of aliphatic hydroxyl groups excluding tert-OH is 1. The van der Waals surface area contributed by atoms with Gasteiger partial charge in [0.1, 0.15) is 0 Å². The second kappa shape index (κ2) is 3.13. The molecule has 3 aliphatic rings. The molecule has 2 fully saturated rings. The monoisotopic (exact) mass is 220 g/mol. The minimum atomic E-state index is 0.366. The molecule has 1 nitrogen and oxygen atoms in total. The van der Waals surface area contributed by atoms with Crippen molar-refractivity contribution in [3.05, 3.63) is 11.6 Å². The molecule has 0 heterocycles. The van der Waals surface area contributed by atoms with Gasteiger partial charge >= 0.3 is 0 Å². The minimum Gasteiger partial charge on any atom is -0.396 e. The minimum absolute atomic E-state index is 0.366. The van der Waals surface area contributed by atoms with E-state index in [9.17, 15) is 5.11 Å². The molecule has 16 heavy (non-hydrogen) atoms. The molecule has 0 amide bonds. The summed E-state index contributed by atoms with van der Waals surface area (Å²) in [6.45, 7) is 7.68. The van der Waals surface area contributed by atoms with E-state index < -0.39 is 0 Å². The maximum Gasteiger partial charge on any atom is 0.0501 e. The Labute approximate surface area is 98.9 Å². The molecule has 4 unspecified atom stereocenters. The zero-order valence-electron chi connectivity index (χ0n) is 10.8. The van der Waals surface area contributed by atoms with Gasteiger partial charge in [-0.2, -0.15) is 0 Å². The predicted octanol–water partition coefficient (Wildman–Crippen LogP) is 3.39. The SMILES string of the molecule is CC1(C)CCCC2(C)C(CO)C3=CCC2C31. The molecular weight excluding hydrogens is 196 g/mol. The molecule has 0 radical (unpaired) electrons. The van der Waals surface area contributed by atoms with Crippen molar-refractivity contribution in [1.82, 2.24) is 0 Å². The summed E-state index contributed by atoms with van der Waals surface area (Å²) in [5.74, 6) is 2.05. The van der Waals surface area contributed by atoms with Crippen LogP contribution in [0.25, 0.3) is 0 Å². The van der Waals surface area contributed by atoms with Crippen molar-refractivity contribution in [2.45, 2.75) is 46.5 Å². The molecule has 0 spiro atoms. The highest BCUT2D eigenvalue weighted by Gasteiger charge is 2.61. The van der Waals surface area contributed by atoms with Crippen molar-refractivity contribution in [1.29, 1.82) is 0 Å². The van der Waals surface area contributed by atoms with Crippen LogP contribution in [0.1, 0.15) is 46.5 Å². The molecule has 4 bridgehead atoms. The third kappa shape index (κ3) is 1.11. The fraction of sp³-hybridized carbons (Fsp3) is 0.867. The standard InChI is InChI=1S/C15H24O/c1-14(2)7-4-8-15(3)11-6-5-10(13(11)14)12(15)9-16/h5,11-13,16H,4,6-9H2,1-3H3. The van der Waals surface area contributed by atoms with Gasteiger partial charge in [-0.15, -0.1) is 0 Å². The topological polar surface area (TPSA) is 20.2 Å². The van der Waals surface area contributed by atoms with Crippen LogP contribution in [-0.4, -0.2) is 11.7 Å². The van der Waals surface area contributed by atoms with Crippen molar-refractivity contribution in [2.75, 3.05) is 6.61 Å². The first-order chi connectivity index (χ1) is 7.50. The highest BCUT2D eigenvalue weighted by atomic mass is 16.3. The van der Waals surface area contributed by atoms with E-state index in [2.05, 4.69) is 26.8 Å². The van der Waals surface area contributed by atoms with E-state index in [1.807, 2.05) is 0 Å². The van der Waals surface area contributed by atoms with E-state index in [0.29, 0.717) is 23.4 Å². The lowest BCUT2D eigenvalue weighted by Gasteiger charge is -2.37. The lowest BCUT2D eigenvalue weighted by molar-refractivity contribution is 0.0848.